The Morgan fingerprint density at radius 2 is 2.11 bits per heavy atom. The number of hydrogen-bond donors (Lipinski definition) is 1. The fourth-order valence-corrected chi connectivity index (χ4v) is 2.63. The van der Waals surface area contributed by atoms with Crippen molar-refractivity contribution in [1.82, 2.24) is 5.32 Å². The standard InChI is InChI=1S/C13H17NO3S/c1-18(16,17)7-5-13(15)11-3-2-10-4-6-14-9-12(10)8-11/h2-3,8,14H,4-7,9H2,1H3. The van der Waals surface area contributed by atoms with Crippen molar-refractivity contribution in [2.24, 2.45) is 0 Å². The number of sulfone groups is 1. The summed E-state index contributed by atoms with van der Waals surface area (Å²) >= 11 is 0. The minimum atomic E-state index is -3.08. The number of Topliss-reactive ketones (excluding diaryl/α,β-unsaturated/α-hetero) is 1. The molecular formula is C13H17NO3S. The number of benzene rings is 1. The molecule has 1 aromatic rings. The summed E-state index contributed by atoms with van der Waals surface area (Å²) in [7, 11) is -3.08. The van der Waals surface area contributed by atoms with Gasteiger partial charge in [0, 0.05) is 24.8 Å². The molecule has 0 radical (unpaired) electrons. The van der Waals surface area contributed by atoms with Crippen LogP contribution in [0.25, 0.3) is 0 Å². The lowest BCUT2D eigenvalue weighted by Crippen LogP contribution is -2.24. The van der Waals surface area contributed by atoms with Gasteiger partial charge in [0.2, 0.25) is 0 Å². The summed E-state index contributed by atoms with van der Waals surface area (Å²) in [6.45, 7) is 1.75. The quantitative estimate of drug-likeness (QED) is 0.825. The highest BCUT2D eigenvalue weighted by molar-refractivity contribution is 7.90. The summed E-state index contributed by atoms with van der Waals surface area (Å²) in [5.41, 5.74) is 3.03. The Kier molecular flexibility index (Phi) is 3.82. The molecule has 2 rings (SSSR count). The van der Waals surface area contributed by atoms with Gasteiger partial charge in [0.25, 0.3) is 0 Å². The second-order valence-electron chi connectivity index (χ2n) is 4.71. The molecule has 0 saturated carbocycles. The molecule has 5 heteroatoms. The van der Waals surface area contributed by atoms with Crippen LogP contribution in [0.1, 0.15) is 27.9 Å². The van der Waals surface area contributed by atoms with Crippen molar-refractivity contribution in [3.8, 4) is 0 Å². The van der Waals surface area contributed by atoms with Crippen molar-refractivity contribution in [3.63, 3.8) is 0 Å². The van der Waals surface area contributed by atoms with Crippen LogP contribution in [0.5, 0.6) is 0 Å². The average molecular weight is 267 g/mol. The molecule has 1 aromatic carbocycles. The van der Waals surface area contributed by atoms with Gasteiger partial charge in [0.1, 0.15) is 9.84 Å². The Morgan fingerprint density at radius 3 is 2.83 bits per heavy atom. The van der Waals surface area contributed by atoms with E-state index in [0.29, 0.717) is 5.56 Å². The van der Waals surface area contributed by atoms with E-state index in [0.717, 1.165) is 31.3 Å². The summed E-state index contributed by atoms with van der Waals surface area (Å²) in [4.78, 5) is 11.9. The number of carbonyl (C=O) groups excluding carboxylic acids is 1. The molecule has 0 amide bonds. The van der Waals surface area contributed by atoms with E-state index in [2.05, 4.69) is 5.32 Å². The average Bonchev–Trinajstić information content (AvgIpc) is 2.34. The number of nitrogens with one attached hydrogen (secondary N) is 1. The summed E-state index contributed by atoms with van der Waals surface area (Å²) < 4.78 is 22.1. The van der Waals surface area contributed by atoms with E-state index < -0.39 is 9.84 Å². The Hall–Kier alpha value is -1.20. The van der Waals surface area contributed by atoms with E-state index in [9.17, 15) is 13.2 Å². The Bertz CT molecular complexity index is 564. The highest BCUT2D eigenvalue weighted by Gasteiger charge is 2.14. The van der Waals surface area contributed by atoms with Gasteiger partial charge >= 0.3 is 0 Å². The molecule has 1 N–H and O–H groups in total. The molecule has 98 valence electrons. The minimum Gasteiger partial charge on any atom is -0.312 e. The molecule has 0 unspecified atom stereocenters. The first-order valence-corrected chi connectivity index (χ1v) is 8.05. The number of fused-ring (bicyclic) bond motifs is 1. The molecule has 0 aliphatic carbocycles. The lowest BCUT2D eigenvalue weighted by atomic mass is 9.96. The van der Waals surface area contributed by atoms with Gasteiger partial charge in [-0.25, -0.2) is 8.42 Å². The fraction of sp³-hybridized carbons (Fsp3) is 0.462. The molecule has 0 saturated heterocycles. The highest BCUT2D eigenvalue weighted by atomic mass is 32.2. The van der Waals surface area contributed by atoms with Crippen LogP contribution in [0.2, 0.25) is 0 Å². The maximum atomic E-state index is 11.9. The van der Waals surface area contributed by atoms with Crippen LogP contribution < -0.4 is 5.32 Å². The molecule has 18 heavy (non-hydrogen) atoms. The van der Waals surface area contributed by atoms with Crippen molar-refractivity contribution in [3.05, 3.63) is 34.9 Å². The molecule has 0 atom stereocenters. The van der Waals surface area contributed by atoms with E-state index in [-0.39, 0.29) is 18.0 Å². The zero-order valence-electron chi connectivity index (χ0n) is 10.4. The largest absolute Gasteiger partial charge is 0.312 e. The van der Waals surface area contributed by atoms with Crippen LogP contribution in [0, 0.1) is 0 Å². The third-order valence-corrected chi connectivity index (χ3v) is 4.06. The molecule has 1 aliphatic heterocycles. The zero-order valence-corrected chi connectivity index (χ0v) is 11.2. The molecular weight excluding hydrogens is 250 g/mol. The SMILES string of the molecule is CS(=O)(=O)CCC(=O)c1ccc2c(c1)CNCC2. The van der Waals surface area contributed by atoms with Crippen molar-refractivity contribution in [2.45, 2.75) is 19.4 Å². The van der Waals surface area contributed by atoms with Crippen LogP contribution >= 0.6 is 0 Å². The van der Waals surface area contributed by atoms with Crippen molar-refractivity contribution in [2.75, 3.05) is 18.6 Å². The van der Waals surface area contributed by atoms with Gasteiger partial charge in [0.15, 0.2) is 5.78 Å². The maximum Gasteiger partial charge on any atom is 0.163 e. The highest BCUT2D eigenvalue weighted by Crippen LogP contribution is 2.17. The number of ketones is 1. The molecule has 1 heterocycles. The zero-order chi connectivity index (χ0) is 13.2. The van der Waals surface area contributed by atoms with Gasteiger partial charge in [-0.05, 0) is 30.2 Å². The molecule has 0 spiro atoms. The third-order valence-electron chi connectivity index (χ3n) is 3.11. The van der Waals surface area contributed by atoms with Crippen LogP contribution in [0.15, 0.2) is 18.2 Å². The smallest absolute Gasteiger partial charge is 0.163 e. The second-order valence-corrected chi connectivity index (χ2v) is 6.97. The normalized spacial score (nSPS) is 15.2. The van der Waals surface area contributed by atoms with Crippen LogP contribution in [0.4, 0.5) is 0 Å². The van der Waals surface area contributed by atoms with E-state index in [4.69, 9.17) is 0 Å². The van der Waals surface area contributed by atoms with Gasteiger partial charge in [-0.1, -0.05) is 12.1 Å². The molecule has 0 fully saturated rings. The van der Waals surface area contributed by atoms with Crippen LogP contribution in [-0.4, -0.2) is 32.8 Å². The Morgan fingerprint density at radius 1 is 1.33 bits per heavy atom. The summed E-state index contributed by atoms with van der Waals surface area (Å²) in [6.07, 6.45) is 2.19. The molecule has 0 bridgehead atoms. The number of rotatable bonds is 4. The van der Waals surface area contributed by atoms with Crippen LogP contribution in [0.3, 0.4) is 0 Å². The number of carbonyl (C=O) groups is 1. The predicted octanol–water partition coefficient (Wildman–Crippen LogP) is 0.950. The summed E-state index contributed by atoms with van der Waals surface area (Å²) in [5, 5.41) is 3.26. The van der Waals surface area contributed by atoms with Gasteiger partial charge in [-0.3, -0.25) is 4.79 Å². The topological polar surface area (TPSA) is 63.2 Å². The van der Waals surface area contributed by atoms with Gasteiger partial charge in [-0.2, -0.15) is 0 Å². The van der Waals surface area contributed by atoms with Crippen LogP contribution in [-0.2, 0) is 22.8 Å². The van der Waals surface area contributed by atoms with Gasteiger partial charge in [-0.15, -0.1) is 0 Å². The summed E-state index contributed by atoms with van der Waals surface area (Å²) in [6, 6.07) is 5.66. The van der Waals surface area contributed by atoms with Crippen molar-refractivity contribution >= 4 is 15.6 Å². The molecule has 0 aromatic heterocycles. The second kappa shape index (κ2) is 5.20. The third kappa shape index (κ3) is 3.40. The Balaban J connectivity index is 2.11. The number of hydrogen-bond acceptors (Lipinski definition) is 4. The minimum absolute atomic E-state index is 0.0606. The van der Waals surface area contributed by atoms with Gasteiger partial charge < -0.3 is 5.32 Å². The fourth-order valence-electron chi connectivity index (χ4n) is 2.08. The first-order chi connectivity index (χ1) is 8.46. The lowest BCUT2D eigenvalue weighted by Gasteiger charge is -2.17. The first kappa shape index (κ1) is 13.2. The van der Waals surface area contributed by atoms with Gasteiger partial charge in [0.05, 0.1) is 5.75 Å². The summed E-state index contributed by atoms with van der Waals surface area (Å²) in [5.74, 6) is -0.185. The van der Waals surface area contributed by atoms with E-state index >= 15 is 0 Å². The molecule has 1 aliphatic rings. The maximum absolute atomic E-state index is 11.9. The monoisotopic (exact) mass is 267 g/mol. The Labute approximate surface area is 107 Å². The molecule has 4 nitrogen and oxygen atoms in total. The van der Waals surface area contributed by atoms with E-state index in [1.807, 2.05) is 12.1 Å². The van der Waals surface area contributed by atoms with Crippen molar-refractivity contribution in [1.29, 1.82) is 0 Å². The predicted molar refractivity (Wildman–Crippen MR) is 70.5 cm³/mol. The first-order valence-electron chi connectivity index (χ1n) is 5.99. The van der Waals surface area contributed by atoms with E-state index in [1.54, 1.807) is 6.07 Å². The van der Waals surface area contributed by atoms with E-state index in [1.165, 1.54) is 5.56 Å². The lowest BCUT2D eigenvalue weighted by molar-refractivity contribution is 0.0988. The van der Waals surface area contributed by atoms with Crippen molar-refractivity contribution < 1.29 is 13.2 Å².